The van der Waals surface area contributed by atoms with Crippen LogP contribution >= 0.6 is 22.9 Å². The number of nitrogens with zero attached hydrogens (tertiary/aromatic N) is 1. The van der Waals surface area contributed by atoms with Crippen LogP contribution in [-0.2, 0) is 5.66 Å². The summed E-state index contributed by atoms with van der Waals surface area (Å²) in [6.07, 6.45) is 7.01. The highest BCUT2D eigenvalue weighted by atomic mass is 35.5. The third kappa shape index (κ3) is 2.95. The van der Waals surface area contributed by atoms with Gasteiger partial charge in [0.2, 0.25) is 0 Å². The molecule has 120 valence electrons. The summed E-state index contributed by atoms with van der Waals surface area (Å²) in [7, 11) is 0. The first kappa shape index (κ1) is 15.0. The molecule has 1 fully saturated rings. The third-order valence-corrected chi connectivity index (χ3v) is 5.51. The van der Waals surface area contributed by atoms with Gasteiger partial charge in [0.15, 0.2) is 5.66 Å². The number of thiazole rings is 1. The molecule has 1 aromatic carbocycles. The number of hydrogen-bond acceptors (Lipinski definition) is 6. The Hall–Kier alpha value is -1.60. The van der Waals surface area contributed by atoms with Crippen LogP contribution < -0.4 is 21.7 Å². The van der Waals surface area contributed by atoms with Gasteiger partial charge in [0.25, 0.3) is 0 Å². The largest absolute Gasteiger partial charge is 0.381 e. The summed E-state index contributed by atoms with van der Waals surface area (Å²) >= 11 is 7.62. The van der Waals surface area contributed by atoms with E-state index in [1.54, 1.807) is 11.3 Å². The van der Waals surface area contributed by atoms with Gasteiger partial charge in [-0.3, -0.25) is 5.73 Å². The molecular weight excluding hydrogens is 330 g/mol. The van der Waals surface area contributed by atoms with Crippen LogP contribution in [0.3, 0.4) is 0 Å². The van der Waals surface area contributed by atoms with Crippen LogP contribution in [0, 0.1) is 0 Å². The molecule has 3 heterocycles. The lowest BCUT2D eigenvalue weighted by atomic mass is 10.1. The lowest BCUT2D eigenvalue weighted by molar-refractivity contribution is 0.478. The van der Waals surface area contributed by atoms with Crippen molar-refractivity contribution < 1.29 is 0 Å². The van der Waals surface area contributed by atoms with Crippen molar-refractivity contribution in [1.82, 2.24) is 20.9 Å². The molecule has 2 unspecified atom stereocenters. The molecule has 0 spiro atoms. The van der Waals surface area contributed by atoms with Gasteiger partial charge < -0.3 is 16.0 Å². The Kier molecular flexibility index (Phi) is 3.77. The van der Waals surface area contributed by atoms with Crippen LogP contribution in [0.25, 0.3) is 10.2 Å². The normalized spacial score (nSPS) is 27.0. The van der Waals surface area contributed by atoms with Crippen LogP contribution in [0.4, 0.5) is 0 Å². The number of nitrogens with one attached hydrogen (secondary N) is 3. The summed E-state index contributed by atoms with van der Waals surface area (Å²) in [5.41, 5.74) is 7.70. The molecule has 0 amide bonds. The van der Waals surface area contributed by atoms with E-state index in [9.17, 15) is 0 Å². The van der Waals surface area contributed by atoms with Gasteiger partial charge in [-0.25, -0.2) is 4.98 Å². The van der Waals surface area contributed by atoms with Gasteiger partial charge in [0, 0.05) is 29.5 Å². The minimum absolute atomic E-state index is 0.447. The monoisotopic (exact) mass is 347 g/mol. The van der Waals surface area contributed by atoms with Crippen molar-refractivity contribution in [2.24, 2.45) is 5.73 Å². The molecule has 5 nitrogen and oxygen atoms in total. The maximum absolute atomic E-state index is 6.57. The Morgan fingerprint density at radius 1 is 1.43 bits per heavy atom. The molecule has 1 saturated heterocycles. The fraction of sp³-hybridized carbons (Fsp3) is 0.312. The number of nitrogens with two attached hydrogens (primary N) is 1. The SMILES string of the molecule is NC1(c2nc3ccc(Cl)cc3s2)C=C(NC2CCNC2)C=CN1. The van der Waals surface area contributed by atoms with Crippen molar-refractivity contribution in [3.63, 3.8) is 0 Å². The predicted octanol–water partition coefficient (Wildman–Crippen LogP) is 2.01. The van der Waals surface area contributed by atoms with E-state index in [0.717, 1.165) is 40.4 Å². The highest BCUT2D eigenvalue weighted by molar-refractivity contribution is 7.18. The molecule has 2 atom stereocenters. The fourth-order valence-electron chi connectivity index (χ4n) is 2.91. The maximum Gasteiger partial charge on any atom is 0.160 e. The Morgan fingerprint density at radius 3 is 3.17 bits per heavy atom. The molecule has 23 heavy (non-hydrogen) atoms. The highest BCUT2D eigenvalue weighted by Gasteiger charge is 2.30. The zero-order valence-corrected chi connectivity index (χ0v) is 14.0. The summed E-state index contributed by atoms with van der Waals surface area (Å²) in [4.78, 5) is 4.67. The summed E-state index contributed by atoms with van der Waals surface area (Å²) in [5.74, 6) is 0. The van der Waals surface area contributed by atoms with Gasteiger partial charge in [-0.05, 0) is 43.3 Å². The number of rotatable bonds is 3. The van der Waals surface area contributed by atoms with E-state index in [-0.39, 0.29) is 0 Å². The van der Waals surface area contributed by atoms with Gasteiger partial charge in [0.05, 0.1) is 10.2 Å². The van der Waals surface area contributed by atoms with Gasteiger partial charge in [-0.1, -0.05) is 11.6 Å². The predicted molar refractivity (Wildman–Crippen MR) is 95.3 cm³/mol. The van der Waals surface area contributed by atoms with E-state index in [0.29, 0.717) is 11.1 Å². The van der Waals surface area contributed by atoms with Crippen molar-refractivity contribution in [2.45, 2.75) is 18.1 Å². The molecule has 1 aromatic heterocycles. The minimum atomic E-state index is -0.806. The number of fused-ring (bicyclic) bond motifs is 1. The number of allylic oxidation sites excluding steroid dienone is 1. The van der Waals surface area contributed by atoms with E-state index in [1.165, 1.54) is 0 Å². The first-order valence-electron chi connectivity index (χ1n) is 7.62. The molecule has 4 rings (SSSR count). The van der Waals surface area contributed by atoms with Crippen molar-refractivity contribution in [1.29, 1.82) is 0 Å². The van der Waals surface area contributed by atoms with Crippen LogP contribution in [0.15, 0.2) is 42.2 Å². The fourth-order valence-corrected chi connectivity index (χ4v) is 4.19. The van der Waals surface area contributed by atoms with Crippen molar-refractivity contribution in [3.05, 3.63) is 52.3 Å². The molecule has 2 aliphatic rings. The van der Waals surface area contributed by atoms with Crippen molar-refractivity contribution >= 4 is 33.2 Å². The molecule has 0 radical (unpaired) electrons. The lowest BCUT2D eigenvalue weighted by Crippen LogP contribution is -2.49. The second-order valence-electron chi connectivity index (χ2n) is 5.91. The molecule has 0 bridgehead atoms. The van der Waals surface area contributed by atoms with Gasteiger partial charge >= 0.3 is 0 Å². The standard InChI is InChI=1S/C16H18ClN5S/c17-10-1-2-13-14(7-10)23-15(22-13)16(18)8-11(4-6-20-16)21-12-3-5-19-9-12/h1-2,4,6-8,12,19-21H,3,5,9,18H2. The number of benzene rings is 1. The quantitative estimate of drug-likeness (QED) is 0.683. The van der Waals surface area contributed by atoms with E-state index in [1.807, 2.05) is 36.6 Å². The van der Waals surface area contributed by atoms with E-state index >= 15 is 0 Å². The lowest BCUT2D eigenvalue weighted by Gasteiger charge is -2.29. The molecule has 0 saturated carbocycles. The van der Waals surface area contributed by atoms with Crippen LogP contribution in [-0.4, -0.2) is 24.1 Å². The van der Waals surface area contributed by atoms with Crippen LogP contribution in [0.5, 0.6) is 0 Å². The molecule has 2 aliphatic heterocycles. The summed E-state index contributed by atoms with van der Waals surface area (Å²) in [5, 5.41) is 11.6. The van der Waals surface area contributed by atoms with Crippen LogP contribution in [0.2, 0.25) is 5.02 Å². The smallest absolute Gasteiger partial charge is 0.160 e. The molecular formula is C16H18ClN5S. The zero-order chi connectivity index (χ0) is 15.9. The van der Waals surface area contributed by atoms with E-state index < -0.39 is 5.66 Å². The highest BCUT2D eigenvalue weighted by Crippen LogP contribution is 2.31. The Morgan fingerprint density at radius 2 is 2.35 bits per heavy atom. The molecule has 2 aromatic rings. The first-order valence-corrected chi connectivity index (χ1v) is 8.82. The number of aromatic nitrogens is 1. The second-order valence-corrected chi connectivity index (χ2v) is 7.38. The number of dihydropyridines is 1. The van der Waals surface area contributed by atoms with Gasteiger partial charge in [0.1, 0.15) is 5.01 Å². The Balaban J connectivity index is 1.64. The van der Waals surface area contributed by atoms with Gasteiger partial charge in [-0.2, -0.15) is 0 Å². The number of hydrogen-bond donors (Lipinski definition) is 4. The topological polar surface area (TPSA) is 75.0 Å². The molecule has 5 N–H and O–H groups in total. The maximum atomic E-state index is 6.57. The van der Waals surface area contributed by atoms with Crippen molar-refractivity contribution in [3.8, 4) is 0 Å². The first-order chi connectivity index (χ1) is 11.1. The Labute approximate surface area is 143 Å². The summed E-state index contributed by atoms with van der Waals surface area (Å²) < 4.78 is 1.04. The van der Waals surface area contributed by atoms with Crippen LogP contribution in [0.1, 0.15) is 11.4 Å². The van der Waals surface area contributed by atoms with E-state index in [2.05, 4.69) is 20.9 Å². The zero-order valence-electron chi connectivity index (χ0n) is 12.5. The summed E-state index contributed by atoms with van der Waals surface area (Å²) in [6.45, 7) is 2.04. The molecule has 7 heteroatoms. The van der Waals surface area contributed by atoms with Gasteiger partial charge in [-0.15, -0.1) is 11.3 Å². The number of halogens is 1. The minimum Gasteiger partial charge on any atom is -0.381 e. The average Bonchev–Trinajstić information content (AvgIpc) is 3.16. The van der Waals surface area contributed by atoms with E-state index in [4.69, 9.17) is 17.3 Å². The summed E-state index contributed by atoms with van der Waals surface area (Å²) in [6, 6.07) is 6.14. The third-order valence-electron chi connectivity index (χ3n) is 4.10. The average molecular weight is 348 g/mol. The second kappa shape index (κ2) is 5.79. The molecule has 0 aliphatic carbocycles. The van der Waals surface area contributed by atoms with Crippen molar-refractivity contribution in [2.75, 3.05) is 13.1 Å². The Bertz CT molecular complexity index is 793.